The van der Waals surface area contributed by atoms with Crippen LogP contribution in [-0.2, 0) is 12.8 Å². The first-order valence-corrected chi connectivity index (χ1v) is 6.53. The lowest BCUT2D eigenvalue weighted by molar-refractivity contribution is 0.955. The van der Waals surface area contributed by atoms with E-state index in [1.54, 1.807) is 6.20 Å². The van der Waals surface area contributed by atoms with Gasteiger partial charge in [-0.3, -0.25) is 4.98 Å². The second-order valence-electron chi connectivity index (χ2n) is 4.44. The zero-order chi connectivity index (χ0) is 12.7. The van der Waals surface area contributed by atoms with Gasteiger partial charge in [-0.25, -0.2) is 0 Å². The molecule has 3 rings (SSSR count). The van der Waals surface area contributed by atoms with Crippen LogP contribution in [0.3, 0.4) is 0 Å². The molecule has 1 heterocycles. The van der Waals surface area contributed by atoms with Gasteiger partial charge >= 0.3 is 0 Å². The highest BCUT2D eigenvalue weighted by atomic mass is 35.5. The molecule has 0 aliphatic heterocycles. The van der Waals surface area contributed by atoms with E-state index in [1.165, 1.54) is 5.56 Å². The van der Waals surface area contributed by atoms with E-state index in [4.69, 9.17) is 23.2 Å². The summed E-state index contributed by atoms with van der Waals surface area (Å²) in [6.07, 6.45) is 3.52. The van der Waals surface area contributed by atoms with Crippen molar-refractivity contribution in [1.82, 2.24) is 4.98 Å². The van der Waals surface area contributed by atoms with E-state index < -0.39 is 0 Å². The van der Waals surface area contributed by atoms with E-state index in [2.05, 4.69) is 11.6 Å². The Morgan fingerprint density at radius 2 is 1.72 bits per heavy atom. The Morgan fingerprint density at radius 3 is 2.56 bits per heavy atom. The zero-order valence-electron chi connectivity index (χ0n) is 9.71. The van der Waals surface area contributed by atoms with Crippen molar-refractivity contribution in [2.24, 2.45) is 0 Å². The van der Waals surface area contributed by atoms with Crippen molar-refractivity contribution in [3.05, 3.63) is 69.5 Å². The van der Waals surface area contributed by atoms with Crippen LogP contribution < -0.4 is 0 Å². The van der Waals surface area contributed by atoms with Gasteiger partial charge in [-0.05, 0) is 47.7 Å². The Labute approximate surface area is 116 Å². The molecule has 1 nitrogen and oxygen atoms in total. The molecule has 3 heteroatoms. The summed E-state index contributed by atoms with van der Waals surface area (Å²) in [6, 6.07) is 7.90. The van der Waals surface area contributed by atoms with Crippen LogP contribution in [0.1, 0.15) is 22.4 Å². The van der Waals surface area contributed by atoms with Gasteiger partial charge < -0.3 is 0 Å². The second-order valence-corrected chi connectivity index (χ2v) is 5.31. The maximum absolute atomic E-state index is 6.05. The minimum Gasteiger partial charge on any atom is -0.254 e. The standard InChI is InChI=1S/C15H11Cl2N/c1-9-14-5-4-12(16)6-10(14)2-3-11-7-13(17)8-18-15(9)11/h4-8H,1-3H2. The fraction of sp³-hybridized carbons (Fsp3) is 0.133. The zero-order valence-corrected chi connectivity index (χ0v) is 11.2. The smallest absolute Gasteiger partial charge is 0.0735 e. The summed E-state index contributed by atoms with van der Waals surface area (Å²) < 4.78 is 0. The van der Waals surface area contributed by atoms with Gasteiger partial charge in [0.25, 0.3) is 0 Å². The van der Waals surface area contributed by atoms with Crippen LogP contribution >= 0.6 is 23.2 Å². The molecule has 90 valence electrons. The highest BCUT2D eigenvalue weighted by Crippen LogP contribution is 2.33. The van der Waals surface area contributed by atoms with Crippen LogP contribution in [0.2, 0.25) is 10.0 Å². The Bertz CT molecular complexity index is 591. The largest absolute Gasteiger partial charge is 0.254 e. The molecule has 1 aromatic carbocycles. The number of fused-ring (bicyclic) bond motifs is 2. The lowest BCUT2D eigenvalue weighted by Gasteiger charge is -2.09. The van der Waals surface area contributed by atoms with Crippen LogP contribution in [0.4, 0.5) is 0 Å². The molecule has 2 aromatic rings. The van der Waals surface area contributed by atoms with Gasteiger partial charge in [-0.1, -0.05) is 35.8 Å². The third-order valence-corrected chi connectivity index (χ3v) is 3.72. The molecular formula is C15H11Cl2N. The summed E-state index contributed by atoms with van der Waals surface area (Å²) in [7, 11) is 0. The van der Waals surface area contributed by atoms with Crippen LogP contribution in [0.15, 0.2) is 37.0 Å². The minimum absolute atomic E-state index is 0.672. The number of hydrogen-bond acceptors (Lipinski definition) is 1. The molecule has 0 N–H and O–H groups in total. The number of aromatic nitrogens is 1. The number of hydrogen-bond donors (Lipinski definition) is 0. The molecule has 0 amide bonds. The monoisotopic (exact) mass is 275 g/mol. The van der Waals surface area contributed by atoms with Gasteiger partial charge in [-0.15, -0.1) is 0 Å². The molecule has 1 aliphatic carbocycles. The fourth-order valence-electron chi connectivity index (χ4n) is 2.40. The number of aryl methyl sites for hydroxylation is 2. The number of halogens is 2. The Balaban J connectivity index is 2.18. The molecule has 0 unspecified atom stereocenters. The highest BCUT2D eigenvalue weighted by Gasteiger charge is 2.18. The number of pyridine rings is 1. The van der Waals surface area contributed by atoms with Crippen molar-refractivity contribution in [3.63, 3.8) is 0 Å². The van der Waals surface area contributed by atoms with Crippen LogP contribution in [0.5, 0.6) is 0 Å². The van der Waals surface area contributed by atoms with Crippen molar-refractivity contribution in [2.45, 2.75) is 12.8 Å². The van der Waals surface area contributed by atoms with Gasteiger partial charge in [0, 0.05) is 16.8 Å². The van der Waals surface area contributed by atoms with Crippen LogP contribution in [-0.4, -0.2) is 4.98 Å². The third-order valence-electron chi connectivity index (χ3n) is 3.28. The van der Waals surface area contributed by atoms with Crippen molar-refractivity contribution >= 4 is 28.8 Å². The molecule has 0 saturated carbocycles. The first kappa shape index (κ1) is 11.8. The highest BCUT2D eigenvalue weighted by molar-refractivity contribution is 6.31. The number of benzene rings is 1. The fourth-order valence-corrected chi connectivity index (χ4v) is 2.78. The van der Waals surface area contributed by atoms with Crippen molar-refractivity contribution in [1.29, 1.82) is 0 Å². The maximum Gasteiger partial charge on any atom is 0.0735 e. The molecule has 1 aromatic heterocycles. The lowest BCUT2D eigenvalue weighted by Crippen LogP contribution is -1.94. The van der Waals surface area contributed by atoms with Crippen LogP contribution in [0.25, 0.3) is 5.57 Å². The number of rotatable bonds is 0. The van der Waals surface area contributed by atoms with Gasteiger partial charge in [0.2, 0.25) is 0 Å². The molecule has 0 fully saturated rings. The molecule has 0 bridgehead atoms. The average Bonchev–Trinajstić information content (AvgIpc) is 2.47. The van der Waals surface area contributed by atoms with Crippen molar-refractivity contribution in [2.75, 3.05) is 0 Å². The van der Waals surface area contributed by atoms with E-state index in [-0.39, 0.29) is 0 Å². The normalized spacial score (nSPS) is 13.8. The van der Waals surface area contributed by atoms with Crippen molar-refractivity contribution in [3.8, 4) is 0 Å². The summed E-state index contributed by atoms with van der Waals surface area (Å²) in [5.74, 6) is 0. The van der Waals surface area contributed by atoms with Gasteiger partial charge in [-0.2, -0.15) is 0 Å². The summed E-state index contributed by atoms with van der Waals surface area (Å²) >= 11 is 12.0. The molecular weight excluding hydrogens is 265 g/mol. The van der Waals surface area contributed by atoms with E-state index in [1.807, 2.05) is 24.3 Å². The predicted molar refractivity (Wildman–Crippen MR) is 76.2 cm³/mol. The van der Waals surface area contributed by atoms with Crippen LogP contribution in [0, 0.1) is 0 Å². The van der Waals surface area contributed by atoms with Gasteiger partial charge in [0.05, 0.1) is 10.7 Å². The summed E-state index contributed by atoms with van der Waals surface area (Å²) in [5, 5.41) is 1.43. The van der Waals surface area contributed by atoms with E-state index >= 15 is 0 Å². The Morgan fingerprint density at radius 1 is 1.00 bits per heavy atom. The SMILES string of the molecule is C=C1c2ccc(Cl)cc2CCc2cc(Cl)cnc21. The predicted octanol–water partition coefficient (Wildman–Crippen LogP) is 4.55. The first-order chi connectivity index (χ1) is 8.65. The van der Waals surface area contributed by atoms with Gasteiger partial charge in [0.1, 0.15) is 0 Å². The van der Waals surface area contributed by atoms with E-state index in [0.29, 0.717) is 5.02 Å². The second kappa shape index (κ2) is 4.42. The minimum atomic E-state index is 0.672. The van der Waals surface area contributed by atoms with Crippen molar-refractivity contribution < 1.29 is 0 Å². The summed E-state index contributed by atoms with van der Waals surface area (Å²) in [5.41, 5.74) is 5.40. The Hall–Kier alpha value is -1.31. The molecule has 0 atom stereocenters. The molecule has 0 saturated heterocycles. The summed E-state index contributed by atoms with van der Waals surface area (Å²) in [6.45, 7) is 4.17. The molecule has 0 spiro atoms. The molecule has 18 heavy (non-hydrogen) atoms. The third kappa shape index (κ3) is 1.94. The van der Waals surface area contributed by atoms with E-state index in [0.717, 1.165) is 40.3 Å². The van der Waals surface area contributed by atoms with Gasteiger partial charge in [0.15, 0.2) is 0 Å². The Kier molecular flexibility index (Phi) is 2.89. The quantitative estimate of drug-likeness (QED) is 0.688. The topological polar surface area (TPSA) is 12.9 Å². The lowest BCUT2D eigenvalue weighted by atomic mass is 9.99. The average molecular weight is 276 g/mol. The number of nitrogens with zero attached hydrogens (tertiary/aromatic N) is 1. The molecule has 1 aliphatic rings. The molecule has 0 radical (unpaired) electrons. The van der Waals surface area contributed by atoms with E-state index in [9.17, 15) is 0 Å². The summed E-state index contributed by atoms with van der Waals surface area (Å²) in [4.78, 5) is 4.42. The first-order valence-electron chi connectivity index (χ1n) is 5.77. The maximum atomic E-state index is 6.05.